The van der Waals surface area contributed by atoms with Gasteiger partial charge in [-0.2, -0.15) is 0 Å². The molecule has 0 saturated heterocycles. The van der Waals surface area contributed by atoms with Crippen molar-refractivity contribution in [1.82, 2.24) is 14.5 Å². The van der Waals surface area contributed by atoms with Gasteiger partial charge in [0.25, 0.3) is 5.91 Å². The van der Waals surface area contributed by atoms with Crippen LogP contribution in [0.1, 0.15) is 10.4 Å². The number of ether oxygens (including phenoxy) is 2. The maximum atomic E-state index is 12.9. The molecule has 11 heteroatoms. The Bertz CT molecular complexity index is 1040. The van der Waals surface area contributed by atoms with E-state index in [2.05, 4.69) is 31.2 Å². The molecule has 3 aromatic rings. The van der Waals surface area contributed by atoms with Crippen molar-refractivity contribution in [3.8, 4) is 11.5 Å². The van der Waals surface area contributed by atoms with E-state index in [9.17, 15) is 4.79 Å². The molecule has 0 spiro atoms. The van der Waals surface area contributed by atoms with Crippen LogP contribution in [0.3, 0.4) is 0 Å². The largest absolute Gasteiger partial charge is 0.494 e. The highest BCUT2D eigenvalue weighted by Crippen LogP contribution is 2.50. The Balaban J connectivity index is 2.12. The number of methoxy groups -OCH3 is 2. The molecule has 27 heavy (non-hydrogen) atoms. The maximum absolute atomic E-state index is 12.9. The van der Waals surface area contributed by atoms with Crippen LogP contribution in [-0.2, 0) is 7.05 Å². The molecule has 0 aliphatic rings. The van der Waals surface area contributed by atoms with Gasteiger partial charge in [0.2, 0.25) is 0 Å². The molecule has 1 amide bonds. The molecule has 0 aliphatic heterocycles. The Labute approximate surface area is 172 Å². The number of hydrogen-bond acceptors (Lipinski definition) is 6. The highest BCUT2D eigenvalue weighted by molar-refractivity contribution is 9.10. The lowest BCUT2D eigenvalue weighted by molar-refractivity contribution is 0.102. The molecule has 0 aliphatic carbocycles. The molecule has 1 aromatic carbocycles. The molecule has 142 valence electrons. The van der Waals surface area contributed by atoms with Gasteiger partial charge in [-0.25, -0.2) is 9.97 Å². The van der Waals surface area contributed by atoms with E-state index in [1.807, 2.05) is 0 Å². The van der Waals surface area contributed by atoms with E-state index in [0.29, 0.717) is 15.5 Å². The number of rotatable bonds is 4. The van der Waals surface area contributed by atoms with Crippen LogP contribution in [-0.4, -0.2) is 34.7 Å². The topological polar surface area (TPSA) is 104 Å². The van der Waals surface area contributed by atoms with E-state index in [1.165, 1.54) is 20.5 Å². The van der Waals surface area contributed by atoms with Crippen molar-refractivity contribution >= 4 is 67.6 Å². The molecule has 0 unspecified atom stereocenters. The van der Waals surface area contributed by atoms with Crippen molar-refractivity contribution in [3.05, 3.63) is 32.6 Å². The molecular formula is C16H14BrCl2N5O3. The van der Waals surface area contributed by atoms with Gasteiger partial charge in [-0.3, -0.25) is 4.79 Å². The van der Waals surface area contributed by atoms with E-state index in [1.54, 1.807) is 17.8 Å². The quantitative estimate of drug-likeness (QED) is 0.594. The molecule has 8 nitrogen and oxygen atoms in total. The van der Waals surface area contributed by atoms with Crippen LogP contribution in [0.25, 0.3) is 11.0 Å². The first-order chi connectivity index (χ1) is 12.8. The number of carbonyl (C=O) groups excluding carboxylic acids is 1. The third-order valence-electron chi connectivity index (χ3n) is 3.91. The van der Waals surface area contributed by atoms with Gasteiger partial charge in [0, 0.05) is 13.2 Å². The fourth-order valence-electron chi connectivity index (χ4n) is 2.69. The van der Waals surface area contributed by atoms with Gasteiger partial charge in [-0.1, -0.05) is 23.2 Å². The van der Waals surface area contributed by atoms with Crippen molar-refractivity contribution in [2.75, 3.05) is 25.3 Å². The van der Waals surface area contributed by atoms with Gasteiger partial charge in [-0.05, 0) is 15.9 Å². The van der Waals surface area contributed by atoms with Crippen molar-refractivity contribution in [1.29, 1.82) is 0 Å². The van der Waals surface area contributed by atoms with E-state index in [0.717, 1.165) is 0 Å². The van der Waals surface area contributed by atoms with Crippen LogP contribution in [0.4, 0.5) is 11.5 Å². The first-order valence-corrected chi connectivity index (χ1v) is 9.01. The number of aryl methyl sites for hydroxylation is 1. The molecule has 0 atom stereocenters. The summed E-state index contributed by atoms with van der Waals surface area (Å²) in [7, 11) is 4.62. The average Bonchev–Trinajstić information content (AvgIpc) is 2.97. The van der Waals surface area contributed by atoms with Crippen LogP contribution < -0.4 is 20.5 Å². The second-order valence-electron chi connectivity index (χ2n) is 5.45. The fraction of sp³-hybridized carbons (Fsp3) is 0.188. The minimum Gasteiger partial charge on any atom is -0.494 e. The smallest absolute Gasteiger partial charge is 0.259 e. The van der Waals surface area contributed by atoms with Crippen LogP contribution in [0.2, 0.25) is 10.0 Å². The maximum Gasteiger partial charge on any atom is 0.259 e. The molecule has 0 fully saturated rings. The minimum atomic E-state index is -0.478. The number of hydrogen-bond donors (Lipinski definition) is 2. The number of nitrogens with one attached hydrogen (secondary N) is 1. The van der Waals surface area contributed by atoms with Gasteiger partial charge >= 0.3 is 0 Å². The molecule has 0 bridgehead atoms. The first kappa shape index (κ1) is 19.5. The summed E-state index contributed by atoms with van der Waals surface area (Å²) in [6.07, 6.45) is 2.89. The Morgan fingerprint density at radius 2 is 1.81 bits per heavy atom. The molecule has 3 N–H and O–H groups in total. The number of nitrogen functional groups attached to an aromatic ring is 1. The fourth-order valence-corrected chi connectivity index (χ4v) is 4.31. The number of benzene rings is 1. The third kappa shape index (κ3) is 3.15. The van der Waals surface area contributed by atoms with Crippen LogP contribution >= 0.6 is 39.1 Å². The molecule has 2 heterocycles. The summed E-state index contributed by atoms with van der Waals surface area (Å²) >= 11 is 16.1. The third-order valence-corrected chi connectivity index (χ3v) is 5.35. The zero-order valence-electron chi connectivity index (χ0n) is 14.4. The summed E-state index contributed by atoms with van der Waals surface area (Å²) in [5.41, 5.74) is 7.27. The van der Waals surface area contributed by atoms with Crippen molar-refractivity contribution in [3.63, 3.8) is 0 Å². The van der Waals surface area contributed by atoms with Crippen LogP contribution in [0.15, 0.2) is 17.0 Å². The summed E-state index contributed by atoms with van der Waals surface area (Å²) in [5.74, 6) is 0.342. The monoisotopic (exact) mass is 473 g/mol. The summed E-state index contributed by atoms with van der Waals surface area (Å²) < 4.78 is 12.7. The van der Waals surface area contributed by atoms with Crippen LogP contribution in [0.5, 0.6) is 11.5 Å². The van der Waals surface area contributed by atoms with E-state index in [4.69, 9.17) is 38.4 Å². The number of nitrogens with zero attached hydrogens (tertiary/aromatic N) is 3. The van der Waals surface area contributed by atoms with E-state index < -0.39 is 5.91 Å². The van der Waals surface area contributed by atoms with Crippen molar-refractivity contribution < 1.29 is 14.3 Å². The lowest BCUT2D eigenvalue weighted by atomic mass is 10.2. The number of aromatic nitrogens is 3. The highest BCUT2D eigenvalue weighted by Gasteiger charge is 2.25. The van der Waals surface area contributed by atoms with Gasteiger partial charge in [0.15, 0.2) is 17.3 Å². The minimum absolute atomic E-state index is 0.123. The zero-order chi connectivity index (χ0) is 19.9. The van der Waals surface area contributed by atoms with Gasteiger partial charge in [0.1, 0.15) is 31.9 Å². The molecule has 0 radical (unpaired) electrons. The normalized spacial score (nSPS) is 10.9. The SMILES string of the molecule is COc1c(Cl)c(NC(=O)c2cn(C)c3c(N)ncnc23)c(Cl)c(OC)c1Br. The Morgan fingerprint density at radius 1 is 1.22 bits per heavy atom. The Hall–Kier alpha value is -2.23. The highest BCUT2D eigenvalue weighted by atomic mass is 79.9. The number of carbonyl (C=O) groups is 1. The number of amides is 1. The van der Waals surface area contributed by atoms with Crippen molar-refractivity contribution in [2.24, 2.45) is 7.05 Å². The van der Waals surface area contributed by atoms with E-state index in [-0.39, 0.29) is 38.6 Å². The lowest BCUT2D eigenvalue weighted by Gasteiger charge is -2.17. The molecule has 2 aromatic heterocycles. The summed E-state index contributed by atoms with van der Waals surface area (Å²) in [5, 5.41) is 2.94. The molecule has 0 saturated carbocycles. The summed E-state index contributed by atoms with van der Waals surface area (Å²) in [6, 6.07) is 0. The number of fused-ring (bicyclic) bond motifs is 1. The predicted octanol–water partition coefficient (Wildman–Crippen LogP) is 3.89. The van der Waals surface area contributed by atoms with Gasteiger partial charge < -0.3 is 25.1 Å². The number of halogens is 3. The molecular weight excluding hydrogens is 461 g/mol. The zero-order valence-corrected chi connectivity index (χ0v) is 17.5. The summed E-state index contributed by atoms with van der Waals surface area (Å²) in [4.78, 5) is 21.0. The van der Waals surface area contributed by atoms with Gasteiger partial charge in [0.05, 0.1) is 25.5 Å². The number of anilines is 2. The first-order valence-electron chi connectivity index (χ1n) is 7.47. The second kappa shape index (κ2) is 7.41. The van der Waals surface area contributed by atoms with Gasteiger partial charge in [-0.15, -0.1) is 0 Å². The Kier molecular flexibility index (Phi) is 5.36. The Morgan fingerprint density at radius 3 is 2.37 bits per heavy atom. The lowest BCUT2D eigenvalue weighted by Crippen LogP contribution is -2.13. The summed E-state index contributed by atoms with van der Waals surface area (Å²) in [6.45, 7) is 0. The molecule has 3 rings (SSSR count). The van der Waals surface area contributed by atoms with Crippen LogP contribution in [0, 0.1) is 0 Å². The average molecular weight is 475 g/mol. The van der Waals surface area contributed by atoms with Crippen molar-refractivity contribution in [2.45, 2.75) is 0 Å². The number of nitrogens with two attached hydrogens (primary N) is 1. The predicted molar refractivity (Wildman–Crippen MR) is 108 cm³/mol. The second-order valence-corrected chi connectivity index (χ2v) is 7.00. The van der Waals surface area contributed by atoms with E-state index >= 15 is 0 Å². The standard InChI is InChI=1S/C16H14BrCl2N5O3/c1-24-4-6(10-12(24)15(20)22-5-21-10)16(25)23-11-8(18)13(26-2)7(17)14(27-3)9(11)19/h4-5H,1-3H3,(H,23,25)(H2,20,21,22).